The second-order valence-corrected chi connectivity index (χ2v) is 5.19. The Morgan fingerprint density at radius 3 is 2.82 bits per heavy atom. The van der Waals surface area contributed by atoms with Gasteiger partial charge in [0.2, 0.25) is 5.88 Å². The molecule has 17 heavy (non-hydrogen) atoms. The maximum Gasteiger partial charge on any atom is 0.230 e. The molecule has 0 bridgehead atoms. The third-order valence-corrected chi connectivity index (χ3v) is 3.56. The standard InChI is InChI=1S/C12H21N3OS/c1-6-7-9(2)13-8-10-11(16-5)14-12(17-10)15(3)4/h6,9,13H,1,7-8H2,2-5H3. The number of nitrogens with zero attached hydrogens (tertiary/aromatic N) is 2. The summed E-state index contributed by atoms with van der Waals surface area (Å²) in [7, 11) is 5.62. The van der Waals surface area contributed by atoms with Gasteiger partial charge in [-0.3, -0.25) is 0 Å². The zero-order valence-electron chi connectivity index (χ0n) is 11.0. The van der Waals surface area contributed by atoms with Gasteiger partial charge in [-0.15, -0.1) is 6.58 Å². The molecule has 1 rings (SSSR count). The normalized spacial score (nSPS) is 12.2. The Hall–Kier alpha value is -1.07. The van der Waals surface area contributed by atoms with E-state index in [1.807, 2.05) is 25.1 Å². The molecular weight excluding hydrogens is 234 g/mol. The number of hydrogen-bond donors (Lipinski definition) is 1. The van der Waals surface area contributed by atoms with Crippen molar-refractivity contribution in [1.29, 1.82) is 0 Å². The summed E-state index contributed by atoms with van der Waals surface area (Å²) in [5.41, 5.74) is 0. The van der Waals surface area contributed by atoms with Crippen LogP contribution in [0.15, 0.2) is 12.7 Å². The highest BCUT2D eigenvalue weighted by Crippen LogP contribution is 2.30. The monoisotopic (exact) mass is 255 g/mol. The van der Waals surface area contributed by atoms with Gasteiger partial charge in [0.05, 0.1) is 12.0 Å². The highest BCUT2D eigenvalue weighted by molar-refractivity contribution is 7.15. The minimum absolute atomic E-state index is 0.419. The van der Waals surface area contributed by atoms with Crippen molar-refractivity contribution in [2.45, 2.75) is 25.9 Å². The molecule has 4 nitrogen and oxygen atoms in total. The molecule has 0 spiro atoms. The quantitative estimate of drug-likeness (QED) is 0.758. The van der Waals surface area contributed by atoms with E-state index >= 15 is 0 Å². The van der Waals surface area contributed by atoms with Gasteiger partial charge in [0.15, 0.2) is 5.13 Å². The summed E-state index contributed by atoms with van der Waals surface area (Å²) in [5.74, 6) is 0.719. The first-order valence-corrected chi connectivity index (χ1v) is 6.45. The van der Waals surface area contributed by atoms with Gasteiger partial charge in [0.1, 0.15) is 0 Å². The van der Waals surface area contributed by atoms with Crippen molar-refractivity contribution in [3.8, 4) is 5.88 Å². The van der Waals surface area contributed by atoms with E-state index in [4.69, 9.17) is 4.74 Å². The zero-order chi connectivity index (χ0) is 12.8. The first-order chi connectivity index (χ1) is 8.08. The average molecular weight is 255 g/mol. The molecule has 0 radical (unpaired) electrons. The summed E-state index contributed by atoms with van der Waals surface area (Å²) in [4.78, 5) is 7.54. The van der Waals surface area contributed by atoms with Gasteiger partial charge in [-0.25, -0.2) is 0 Å². The van der Waals surface area contributed by atoms with Crippen LogP contribution in [0.2, 0.25) is 0 Å². The fourth-order valence-corrected chi connectivity index (χ4v) is 2.29. The molecule has 0 saturated carbocycles. The van der Waals surface area contributed by atoms with E-state index in [9.17, 15) is 0 Å². The largest absolute Gasteiger partial charge is 0.480 e. The maximum absolute atomic E-state index is 5.28. The Morgan fingerprint density at radius 1 is 1.59 bits per heavy atom. The van der Waals surface area contributed by atoms with Gasteiger partial charge in [-0.05, 0) is 13.3 Å². The first-order valence-electron chi connectivity index (χ1n) is 5.63. The van der Waals surface area contributed by atoms with Gasteiger partial charge >= 0.3 is 0 Å². The molecule has 1 heterocycles. The lowest BCUT2D eigenvalue weighted by molar-refractivity contribution is 0.393. The van der Waals surface area contributed by atoms with Crippen LogP contribution in [-0.2, 0) is 6.54 Å². The van der Waals surface area contributed by atoms with E-state index < -0.39 is 0 Å². The zero-order valence-corrected chi connectivity index (χ0v) is 11.8. The number of thiazole rings is 1. The fourth-order valence-electron chi connectivity index (χ4n) is 1.39. The summed E-state index contributed by atoms with van der Waals surface area (Å²) >= 11 is 1.65. The predicted molar refractivity (Wildman–Crippen MR) is 74.1 cm³/mol. The molecule has 1 aromatic heterocycles. The van der Waals surface area contributed by atoms with Gasteiger partial charge < -0.3 is 15.0 Å². The van der Waals surface area contributed by atoms with Crippen molar-refractivity contribution in [2.24, 2.45) is 0 Å². The number of methoxy groups -OCH3 is 1. The maximum atomic E-state index is 5.28. The van der Waals surface area contributed by atoms with Crippen molar-refractivity contribution in [3.63, 3.8) is 0 Å². The van der Waals surface area contributed by atoms with E-state index in [0.29, 0.717) is 6.04 Å². The molecule has 5 heteroatoms. The lowest BCUT2D eigenvalue weighted by Crippen LogP contribution is -2.24. The van der Waals surface area contributed by atoms with Crippen LogP contribution in [0.25, 0.3) is 0 Å². The minimum Gasteiger partial charge on any atom is -0.480 e. The molecule has 0 amide bonds. The van der Waals surface area contributed by atoms with Crippen molar-refractivity contribution in [1.82, 2.24) is 10.3 Å². The molecular formula is C12H21N3OS. The second kappa shape index (κ2) is 6.61. The number of ether oxygens (including phenoxy) is 1. The second-order valence-electron chi connectivity index (χ2n) is 4.13. The third-order valence-electron chi connectivity index (χ3n) is 2.36. The van der Waals surface area contributed by atoms with Crippen LogP contribution in [0.3, 0.4) is 0 Å². The third kappa shape index (κ3) is 4.02. The lowest BCUT2D eigenvalue weighted by atomic mass is 10.2. The van der Waals surface area contributed by atoms with Crippen molar-refractivity contribution >= 4 is 16.5 Å². The highest BCUT2D eigenvalue weighted by Gasteiger charge is 2.13. The van der Waals surface area contributed by atoms with E-state index in [-0.39, 0.29) is 0 Å². The van der Waals surface area contributed by atoms with Gasteiger partial charge in [0, 0.05) is 26.7 Å². The summed E-state index contributed by atoms with van der Waals surface area (Å²) < 4.78 is 5.28. The summed E-state index contributed by atoms with van der Waals surface area (Å²) in [6.45, 7) is 6.66. The number of anilines is 1. The Morgan fingerprint density at radius 2 is 2.29 bits per heavy atom. The van der Waals surface area contributed by atoms with E-state index in [1.54, 1.807) is 18.4 Å². The molecule has 1 atom stereocenters. The number of hydrogen-bond acceptors (Lipinski definition) is 5. The highest BCUT2D eigenvalue weighted by atomic mass is 32.1. The van der Waals surface area contributed by atoms with Gasteiger partial charge in [-0.1, -0.05) is 17.4 Å². The van der Waals surface area contributed by atoms with Crippen LogP contribution in [0, 0.1) is 0 Å². The van der Waals surface area contributed by atoms with Gasteiger partial charge in [-0.2, -0.15) is 4.98 Å². The molecule has 96 valence electrons. The van der Waals surface area contributed by atoms with E-state index in [0.717, 1.165) is 28.9 Å². The molecule has 0 aliphatic carbocycles. The Bertz CT molecular complexity index is 363. The van der Waals surface area contributed by atoms with Crippen LogP contribution in [0.1, 0.15) is 18.2 Å². The summed E-state index contributed by atoms with van der Waals surface area (Å²) in [6.07, 6.45) is 2.88. The SMILES string of the molecule is C=CCC(C)NCc1sc(N(C)C)nc1OC. The molecule has 0 aliphatic rings. The predicted octanol–water partition coefficient (Wildman–Crippen LogP) is 2.27. The van der Waals surface area contributed by atoms with Crippen LogP contribution in [-0.4, -0.2) is 32.2 Å². The topological polar surface area (TPSA) is 37.4 Å². The summed E-state index contributed by atoms with van der Waals surface area (Å²) in [6, 6.07) is 0.419. The summed E-state index contributed by atoms with van der Waals surface area (Å²) in [5, 5.41) is 4.40. The molecule has 0 fully saturated rings. The van der Waals surface area contributed by atoms with E-state index in [1.165, 1.54) is 0 Å². The van der Waals surface area contributed by atoms with Crippen molar-refractivity contribution < 1.29 is 4.74 Å². The number of nitrogens with one attached hydrogen (secondary N) is 1. The molecule has 0 aromatic carbocycles. The molecule has 0 aliphatic heterocycles. The van der Waals surface area contributed by atoms with Crippen LogP contribution >= 0.6 is 11.3 Å². The van der Waals surface area contributed by atoms with Crippen LogP contribution < -0.4 is 15.0 Å². The molecule has 0 saturated heterocycles. The smallest absolute Gasteiger partial charge is 0.230 e. The Labute approximate surface area is 107 Å². The minimum atomic E-state index is 0.419. The van der Waals surface area contributed by atoms with Crippen LogP contribution in [0.4, 0.5) is 5.13 Å². The number of aromatic nitrogens is 1. The lowest BCUT2D eigenvalue weighted by Gasteiger charge is -2.10. The van der Waals surface area contributed by atoms with Crippen molar-refractivity contribution in [2.75, 3.05) is 26.1 Å². The molecule has 1 aromatic rings. The van der Waals surface area contributed by atoms with Gasteiger partial charge in [0.25, 0.3) is 0 Å². The Kier molecular flexibility index (Phi) is 5.44. The molecule has 1 N–H and O–H groups in total. The van der Waals surface area contributed by atoms with Crippen molar-refractivity contribution in [3.05, 3.63) is 17.5 Å². The Balaban J connectivity index is 2.66. The fraction of sp³-hybridized carbons (Fsp3) is 0.583. The molecule has 1 unspecified atom stereocenters. The first kappa shape index (κ1) is 14.0. The number of rotatable bonds is 7. The van der Waals surface area contributed by atoms with Crippen LogP contribution in [0.5, 0.6) is 5.88 Å². The average Bonchev–Trinajstić information content (AvgIpc) is 2.70. The van der Waals surface area contributed by atoms with E-state index in [2.05, 4.69) is 23.8 Å².